The average Bonchev–Trinajstić information content (AvgIpc) is 3.18. The Balaban J connectivity index is 1.34. The van der Waals surface area contributed by atoms with Crippen molar-refractivity contribution in [1.29, 1.82) is 0 Å². The van der Waals surface area contributed by atoms with Gasteiger partial charge in [-0.05, 0) is 73.9 Å². The summed E-state index contributed by atoms with van der Waals surface area (Å²) in [5.74, 6) is -0.895. The maximum atomic E-state index is 13.3. The minimum atomic E-state index is -0.641. The summed E-state index contributed by atoms with van der Waals surface area (Å²) in [6.45, 7) is 5.61. The molecule has 0 atom stereocenters. The first-order valence-corrected chi connectivity index (χ1v) is 13.1. The van der Waals surface area contributed by atoms with Crippen LogP contribution in [0.3, 0.4) is 0 Å². The number of fused-ring (bicyclic) bond motifs is 1. The lowest BCUT2D eigenvalue weighted by Gasteiger charge is -2.21. The maximum Gasteiger partial charge on any atom is 0.413 e. The van der Waals surface area contributed by atoms with Crippen molar-refractivity contribution in [3.63, 3.8) is 0 Å². The molecule has 0 unspecified atom stereocenters. The third kappa shape index (κ3) is 6.17. The van der Waals surface area contributed by atoms with Crippen LogP contribution in [0.25, 0.3) is 11.1 Å². The molecule has 0 saturated carbocycles. The number of anilines is 1. The highest BCUT2D eigenvalue weighted by Crippen LogP contribution is 2.32. The summed E-state index contributed by atoms with van der Waals surface area (Å²) in [4.78, 5) is 52.3. The molecule has 1 aliphatic heterocycles. The largest absolute Gasteiger partial charge is 0.413 e. The van der Waals surface area contributed by atoms with Crippen molar-refractivity contribution in [2.45, 2.75) is 32.9 Å². The molecule has 0 fully saturated rings. The van der Waals surface area contributed by atoms with Crippen molar-refractivity contribution >= 4 is 29.5 Å². The van der Waals surface area contributed by atoms with Gasteiger partial charge in [0.2, 0.25) is 0 Å². The van der Waals surface area contributed by atoms with Crippen LogP contribution in [0.1, 0.15) is 57.4 Å². The molecule has 5 rings (SSSR count). The zero-order valence-corrected chi connectivity index (χ0v) is 22.9. The van der Waals surface area contributed by atoms with Crippen molar-refractivity contribution in [2.75, 3.05) is 5.32 Å². The first-order chi connectivity index (χ1) is 19.6. The first kappa shape index (κ1) is 27.3. The highest BCUT2D eigenvalue weighted by Gasteiger charge is 2.35. The van der Waals surface area contributed by atoms with Crippen LogP contribution in [0.5, 0.6) is 5.75 Å². The summed E-state index contributed by atoms with van der Waals surface area (Å²) in [5.41, 5.74) is 3.43. The number of imide groups is 1. The average molecular weight is 548 g/mol. The quantitative estimate of drug-likeness (QED) is 0.276. The molecule has 206 valence electrons. The SMILES string of the molecule is CC(C)(C)NC(=O)Oc1ccc(-c2ccccc2)cc1NC(=O)c1ccc(CN2C(=O)c3ccccc3C2=O)cc1. The van der Waals surface area contributed by atoms with Crippen LogP contribution >= 0.6 is 0 Å². The Kier molecular flexibility index (Phi) is 7.40. The predicted octanol–water partition coefficient (Wildman–Crippen LogP) is 6.29. The molecule has 1 heterocycles. The van der Waals surface area contributed by atoms with Gasteiger partial charge in [0.1, 0.15) is 0 Å². The van der Waals surface area contributed by atoms with Gasteiger partial charge in [-0.2, -0.15) is 0 Å². The molecular formula is C33H29N3O5. The Morgan fingerprint density at radius 1 is 0.756 bits per heavy atom. The summed E-state index contributed by atoms with van der Waals surface area (Å²) >= 11 is 0. The number of hydrogen-bond acceptors (Lipinski definition) is 5. The van der Waals surface area contributed by atoms with Gasteiger partial charge in [-0.3, -0.25) is 19.3 Å². The van der Waals surface area contributed by atoms with E-state index in [0.29, 0.717) is 27.9 Å². The topological polar surface area (TPSA) is 105 Å². The fourth-order valence-electron chi connectivity index (χ4n) is 4.48. The summed E-state index contributed by atoms with van der Waals surface area (Å²) < 4.78 is 5.56. The third-order valence-corrected chi connectivity index (χ3v) is 6.45. The van der Waals surface area contributed by atoms with E-state index in [0.717, 1.165) is 11.1 Å². The van der Waals surface area contributed by atoms with E-state index in [9.17, 15) is 19.2 Å². The van der Waals surface area contributed by atoms with E-state index in [1.807, 2.05) is 57.2 Å². The van der Waals surface area contributed by atoms with Crippen molar-refractivity contribution in [3.8, 4) is 16.9 Å². The van der Waals surface area contributed by atoms with Gasteiger partial charge in [0.25, 0.3) is 17.7 Å². The van der Waals surface area contributed by atoms with E-state index in [4.69, 9.17) is 4.74 Å². The van der Waals surface area contributed by atoms with Crippen LogP contribution in [-0.4, -0.2) is 34.3 Å². The number of ether oxygens (including phenoxy) is 1. The van der Waals surface area contributed by atoms with Crippen LogP contribution < -0.4 is 15.4 Å². The van der Waals surface area contributed by atoms with Gasteiger partial charge < -0.3 is 15.4 Å². The number of nitrogens with zero attached hydrogens (tertiary/aromatic N) is 1. The minimum Gasteiger partial charge on any atom is -0.408 e. The number of amides is 4. The molecule has 4 aromatic rings. The van der Waals surface area contributed by atoms with Crippen LogP contribution in [0, 0.1) is 0 Å². The highest BCUT2D eigenvalue weighted by molar-refractivity contribution is 6.21. The molecule has 0 aromatic heterocycles. The minimum absolute atomic E-state index is 0.0915. The fraction of sp³-hybridized carbons (Fsp3) is 0.152. The Morgan fingerprint density at radius 3 is 1.98 bits per heavy atom. The smallest absolute Gasteiger partial charge is 0.408 e. The van der Waals surface area contributed by atoms with Gasteiger partial charge in [-0.1, -0.05) is 60.7 Å². The normalized spacial score (nSPS) is 12.6. The Hall–Kier alpha value is -5.24. The molecule has 0 saturated heterocycles. The lowest BCUT2D eigenvalue weighted by Crippen LogP contribution is -2.42. The zero-order valence-electron chi connectivity index (χ0n) is 22.9. The van der Waals surface area contributed by atoms with Crippen LogP contribution in [0.4, 0.5) is 10.5 Å². The Labute approximate surface area is 238 Å². The zero-order chi connectivity index (χ0) is 29.1. The Bertz CT molecular complexity index is 1600. The fourth-order valence-corrected chi connectivity index (χ4v) is 4.48. The molecule has 0 aliphatic carbocycles. The molecule has 0 bridgehead atoms. The van der Waals surface area contributed by atoms with Gasteiger partial charge in [0, 0.05) is 11.1 Å². The van der Waals surface area contributed by atoms with Gasteiger partial charge in [0.05, 0.1) is 23.4 Å². The second-order valence-corrected chi connectivity index (χ2v) is 10.7. The lowest BCUT2D eigenvalue weighted by atomic mass is 10.0. The molecular weight excluding hydrogens is 518 g/mol. The van der Waals surface area contributed by atoms with E-state index in [1.165, 1.54) is 4.90 Å². The van der Waals surface area contributed by atoms with Crippen molar-refractivity contribution < 1.29 is 23.9 Å². The van der Waals surface area contributed by atoms with E-state index in [1.54, 1.807) is 60.7 Å². The number of carbonyl (C=O) groups excluding carboxylic acids is 4. The number of rotatable bonds is 6. The molecule has 8 nitrogen and oxygen atoms in total. The van der Waals surface area contributed by atoms with E-state index >= 15 is 0 Å². The summed E-state index contributed by atoms with van der Waals surface area (Å²) in [6, 6.07) is 28.2. The van der Waals surface area contributed by atoms with E-state index in [-0.39, 0.29) is 24.1 Å². The number of hydrogen-bond donors (Lipinski definition) is 2. The number of carbonyl (C=O) groups is 4. The van der Waals surface area contributed by atoms with Crippen LogP contribution in [0.2, 0.25) is 0 Å². The monoisotopic (exact) mass is 547 g/mol. The lowest BCUT2D eigenvalue weighted by molar-refractivity contribution is 0.0641. The molecule has 4 amide bonds. The van der Waals surface area contributed by atoms with Crippen molar-refractivity contribution in [1.82, 2.24) is 10.2 Å². The standard InChI is InChI=1S/C33H29N3O5/c1-33(2,3)35-32(40)41-28-18-17-24(22-9-5-4-6-10-22)19-27(28)34-29(37)23-15-13-21(14-16-23)20-36-30(38)25-11-7-8-12-26(25)31(36)39/h4-19H,20H2,1-3H3,(H,34,37)(H,35,40). The molecule has 0 spiro atoms. The van der Waals surface area contributed by atoms with Crippen molar-refractivity contribution in [3.05, 3.63) is 119 Å². The van der Waals surface area contributed by atoms with E-state index in [2.05, 4.69) is 10.6 Å². The van der Waals surface area contributed by atoms with Crippen LogP contribution in [-0.2, 0) is 6.54 Å². The molecule has 1 aliphatic rings. The summed E-state index contributed by atoms with van der Waals surface area (Å²) in [7, 11) is 0. The Morgan fingerprint density at radius 2 is 1.37 bits per heavy atom. The predicted molar refractivity (Wildman–Crippen MR) is 156 cm³/mol. The number of nitrogens with one attached hydrogen (secondary N) is 2. The summed E-state index contributed by atoms with van der Waals surface area (Å²) in [6.07, 6.45) is -0.641. The first-order valence-electron chi connectivity index (χ1n) is 13.1. The highest BCUT2D eigenvalue weighted by atomic mass is 16.6. The maximum absolute atomic E-state index is 13.3. The second kappa shape index (κ2) is 11.1. The summed E-state index contributed by atoms with van der Waals surface area (Å²) in [5, 5.41) is 5.61. The molecule has 8 heteroatoms. The molecule has 0 radical (unpaired) electrons. The van der Waals surface area contributed by atoms with Crippen LogP contribution in [0.15, 0.2) is 97.1 Å². The molecule has 41 heavy (non-hydrogen) atoms. The van der Waals surface area contributed by atoms with Gasteiger partial charge in [-0.25, -0.2) is 4.79 Å². The second-order valence-electron chi connectivity index (χ2n) is 10.7. The van der Waals surface area contributed by atoms with Crippen molar-refractivity contribution in [2.24, 2.45) is 0 Å². The van der Waals surface area contributed by atoms with Gasteiger partial charge >= 0.3 is 6.09 Å². The third-order valence-electron chi connectivity index (χ3n) is 6.45. The molecule has 2 N–H and O–H groups in total. The molecule has 4 aromatic carbocycles. The van der Waals surface area contributed by atoms with Gasteiger partial charge in [0.15, 0.2) is 5.75 Å². The van der Waals surface area contributed by atoms with E-state index < -0.39 is 17.5 Å². The number of benzene rings is 4. The van der Waals surface area contributed by atoms with Gasteiger partial charge in [-0.15, -0.1) is 0 Å².